The zero-order valence-electron chi connectivity index (χ0n) is 6.25. The first kappa shape index (κ1) is 9.61. The fraction of sp³-hybridized carbons (Fsp3) is 0.125. The van der Waals surface area contributed by atoms with Crippen molar-refractivity contribution in [3.63, 3.8) is 0 Å². The van der Waals surface area contributed by atoms with Crippen molar-refractivity contribution in [1.82, 2.24) is 0 Å². The molecule has 0 saturated heterocycles. The van der Waals surface area contributed by atoms with Gasteiger partial charge in [-0.3, -0.25) is 4.79 Å². The van der Waals surface area contributed by atoms with Crippen LogP contribution in [-0.2, 0) is 4.79 Å². The van der Waals surface area contributed by atoms with Gasteiger partial charge in [-0.25, -0.2) is 0 Å². The molecule has 1 amide bonds. The molecule has 0 aliphatic rings. The normalized spacial score (nSPS) is 9.50. The molecular formula is C8H8BrNOS. The van der Waals surface area contributed by atoms with Crippen molar-refractivity contribution in [2.45, 2.75) is 0 Å². The molecule has 64 valence electrons. The number of hydrogen-bond acceptors (Lipinski definition) is 2. The van der Waals surface area contributed by atoms with E-state index in [9.17, 15) is 4.79 Å². The van der Waals surface area contributed by atoms with Crippen molar-refractivity contribution in [3.05, 3.63) is 28.7 Å². The van der Waals surface area contributed by atoms with E-state index >= 15 is 0 Å². The molecule has 0 spiro atoms. The first-order valence-electron chi connectivity index (χ1n) is 3.39. The summed E-state index contributed by atoms with van der Waals surface area (Å²) >= 11 is 7.17. The van der Waals surface area contributed by atoms with Crippen molar-refractivity contribution in [2.24, 2.45) is 0 Å². The van der Waals surface area contributed by atoms with Crippen molar-refractivity contribution in [3.8, 4) is 0 Å². The molecule has 0 aromatic heterocycles. The molecule has 0 aliphatic heterocycles. The molecule has 1 rings (SSSR count). The molecule has 0 heterocycles. The Morgan fingerprint density at radius 2 is 2.17 bits per heavy atom. The van der Waals surface area contributed by atoms with Gasteiger partial charge in [-0.2, -0.15) is 12.6 Å². The van der Waals surface area contributed by atoms with Gasteiger partial charge < -0.3 is 5.32 Å². The van der Waals surface area contributed by atoms with Crippen LogP contribution in [0.25, 0.3) is 0 Å². The Balaban J connectivity index is 2.75. The van der Waals surface area contributed by atoms with Crippen molar-refractivity contribution in [2.75, 3.05) is 11.1 Å². The van der Waals surface area contributed by atoms with E-state index in [2.05, 4.69) is 33.9 Å². The maximum Gasteiger partial charge on any atom is 0.234 e. The van der Waals surface area contributed by atoms with Crippen LogP contribution in [0.2, 0.25) is 0 Å². The number of para-hydroxylation sites is 1. The summed E-state index contributed by atoms with van der Waals surface area (Å²) in [5, 5.41) is 2.70. The number of carbonyl (C=O) groups is 1. The van der Waals surface area contributed by atoms with Crippen LogP contribution in [0.4, 0.5) is 5.69 Å². The highest BCUT2D eigenvalue weighted by atomic mass is 79.9. The van der Waals surface area contributed by atoms with Crippen LogP contribution < -0.4 is 5.32 Å². The Morgan fingerprint density at radius 1 is 1.50 bits per heavy atom. The standard InChI is InChI=1S/C8H8BrNOS/c9-6-3-1-2-4-7(6)10-8(11)5-12/h1-4,12H,5H2,(H,10,11). The summed E-state index contributed by atoms with van der Waals surface area (Å²) in [4.78, 5) is 10.9. The Labute approximate surface area is 84.9 Å². The summed E-state index contributed by atoms with van der Waals surface area (Å²) in [6, 6.07) is 7.44. The van der Waals surface area contributed by atoms with Crippen LogP contribution in [0.5, 0.6) is 0 Å². The van der Waals surface area contributed by atoms with E-state index in [-0.39, 0.29) is 11.7 Å². The van der Waals surface area contributed by atoms with E-state index in [1.165, 1.54) is 0 Å². The highest BCUT2D eigenvalue weighted by Crippen LogP contribution is 2.20. The molecule has 0 bridgehead atoms. The average molecular weight is 246 g/mol. The minimum atomic E-state index is -0.106. The molecule has 12 heavy (non-hydrogen) atoms. The van der Waals surface area contributed by atoms with Gasteiger partial charge in [0.2, 0.25) is 5.91 Å². The van der Waals surface area contributed by atoms with Crippen LogP contribution in [0.3, 0.4) is 0 Å². The molecule has 1 aromatic carbocycles. The van der Waals surface area contributed by atoms with Gasteiger partial charge in [0.1, 0.15) is 0 Å². The number of carbonyl (C=O) groups excluding carboxylic acids is 1. The van der Waals surface area contributed by atoms with Crippen LogP contribution in [0.15, 0.2) is 28.7 Å². The maximum absolute atomic E-state index is 10.9. The first-order valence-corrected chi connectivity index (χ1v) is 4.82. The highest BCUT2D eigenvalue weighted by molar-refractivity contribution is 9.10. The summed E-state index contributed by atoms with van der Waals surface area (Å²) in [7, 11) is 0. The molecule has 0 atom stereocenters. The highest BCUT2D eigenvalue weighted by Gasteiger charge is 2.01. The van der Waals surface area contributed by atoms with Crippen LogP contribution in [-0.4, -0.2) is 11.7 Å². The lowest BCUT2D eigenvalue weighted by Crippen LogP contribution is -2.12. The van der Waals surface area contributed by atoms with E-state index < -0.39 is 0 Å². The molecule has 0 saturated carbocycles. The van der Waals surface area contributed by atoms with Gasteiger partial charge in [-0.1, -0.05) is 12.1 Å². The number of hydrogen-bond donors (Lipinski definition) is 2. The van der Waals surface area contributed by atoms with E-state index in [1.54, 1.807) is 0 Å². The minimum Gasteiger partial charge on any atom is -0.324 e. The topological polar surface area (TPSA) is 29.1 Å². The summed E-state index contributed by atoms with van der Waals surface area (Å²) in [6.45, 7) is 0. The van der Waals surface area contributed by atoms with Gasteiger partial charge >= 0.3 is 0 Å². The third-order valence-electron chi connectivity index (χ3n) is 1.29. The molecule has 0 aliphatic carbocycles. The third-order valence-corrected chi connectivity index (χ3v) is 2.27. The predicted molar refractivity (Wildman–Crippen MR) is 56.6 cm³/mol. The number of amides is 1. The average Bonchev–Trinajstić information content (AvgIpc) is 2.09. The number of anilines is 1. The van der Waals surface area contributed by atoms with E-state index in [1.807, 2.05) is 24.3 Å². The summed E-state index contributed by atoms with van der Waals surface area (Å²) in [5.41, 5.74) is 0.775. The smallest absolute Gasteiger partial charge is 0.234 e. The Hall–Kier alpha value is -0.480. The van der Waals surface area contributed by atoms with E-state index in [4.69, 9.17) is 0 Å². The van der Waals surface area contributed by atoms with Crippen molar-refractivity contribution >= 4 is 40.2 Å². The second-order valence-corrected chi connectivity index (χ2v) is 3.36. The Morgan fingerprint density at radius 3 is 2.75 bits per heavy atom. The van der Waals surface area contributed by atoms with Gasteiger partial charge in [0.15, 0.2) is 0 Å². The summed E-state index contributed by atoms with van der Waals surface area (Å²) in [5.74, 6) is 0.0895. The number of thiol groups is 1. The second-order valence-electron chi connectivity index (χ2n) is 2.19. The molecular weight excluding hydrogens is 238 g/mol. The van der Waals surface area contributed by atoms with Gasteiger partial charge in [-0.15, -0.1) is 0 Å². The molecule has 0 unspecified atom stereocenters. The van der Waals surface area contributed by atoms with Gasteiger partial charge in [0.25, 0.3) is 0 Å². The fourth-order valence-corrected chi connectivity index (χ4v) is 1.22. The molecule has 1 N–H and O–H groups in total. The van der Waals surface area contributed by atoms with E-state index in [0.717, 1.165) is 10.2 Å². The monoisotopic (exact) mass is 245 g/mol. The number of rotatable bonds is 2. The third kappa shape index (κ3) is 2.53. The maximum atomic E-state index is 10.9. The van der Waals surface area contributed by atoms with Crippen molar-refractivity contribution in [1.29, 1.82) is 0 Å². The number of benzene rings is 1. The minimum absolute atomic E-state index is 0.106. The Kier molecular flexibility index (Phi) is 3.62. The number of halogens is 1. The molecule has 1 aromatic rings. The number of nitrogens with one attached hydrogen (secondary N) is 1. The molecule has 2 nitrogen and oxygen atoms in total. The quantitative estimate of drug-likeness (QED) is 0.770. The molecule has 4 heteroatoms. The zero-order valence-corrected chi connectivity index (χ0v) is 8.73. The molecule has 0 fully saturated rings. The fourth-order valence-electron chi connectivity index (χ4n) is 0.752. The summed E-state index contributed by atoms with van der Waals surface area (Å²) in [6.07, 6.45) is 0. The summed E-state index contributed by atoms with van der Waals surface area (Å²) < 4.78 is 0.875. The van der Waals surface area contributed by atoms with Crippen LogP contribution in [0.1, 0.15) is 0 Å². The van der Waals surface area contributed by atoms with Gasteiger partial charge in [-0.05, 0) is 28.1 Å². The lowest BCUT2D eigenvalue weighted by atomic mass is 10.3. The lowest BCUT2D eigenvalue weighted by Gasteiger charge is -2.04. The second kappa shape index (κ2) is 4.52. The van der Waals surface area contributed by atoms with Crippen LogP contribution in [0, 0.1) is 0 Å². The lowest BCUT2D eigenvalue weighted by molar-refractivity contribution is -0.113. The zero-order chi connectivity index (χ0) is 8.97. The SMILES string of the molecule is O=C(CS)Nc1ccccc1Br. The van der Waals surface area contributed by atoms with Crippen LogP contribution >= 0.6 is 28.6 Å². The predicted octanol–water partition coefficient (Wildman–Crippen LogP) is 2.32. The largest absolute Gasteiger partial charge is 0.324 e. The van der Waals surface area contributed by atoms with Gasteiger partial charge in [0.05, 0.1) is 11.4 Å². The first-order chi connectivity index (χ1) is 5.74. The molecule has 0 radical (unpaired) electrons. The Bertz CT molecular complexity index is 290. The van der Waals surface area contributed by atoms with Crippen molar-refractivity contribution < 1.29 is 4.79 Å². The van der Waals surface area contributed by atoms with Gasteiger partial charge in [0, 0.05) is 4.47 Å². The van der Waals surface area contributed by atoms with E-state index in [0.29, 0.717) is 0 Å².